The molecule has 0 aliphatic rings. The summed E-state index contributed by atoms with van der Waals surface area (Å²) in [5.41, 5.74) is -0.416. The van der Waals surface area contributed by atoms with Gasteiger partial charge < -0.3 is 14.6 Å². The summed E-state index contributed by atoms with van der Waals surface area (Å²) in [6.07, 6.45) is 2.76. The Labute approximate surface area is 116 Å². The van der Waals surface area contributed by atoms with Crippen LogP contribution >= 0.6 is 0 Å². The molecule has 1 atom stereocenters. The van der Waals surface area contributed by atoms with E-state index in [2.05, 4.69) is 36.2 Å². The normalized spacial score (nSPS) is 13.7. The molecule has 5 heteroatoms. The quantitative estimate of drug-likeness (QED) is 0.746. The van der Waals surface area contributed by atoms with E-state index in [4.69, 9.17) is 9.26 Å². The lowest BCUT2D eigenvalue weighted by Gasteiger charge is -2.27. The molecular weight excluding hydrogens is 242 g/mol. The van der Waals surface area contributed by atoms with Crippen molar-refractivity contribution in [3.05, 3.63) is 11.7 Å². The number of aromatic nitrogens is 2. The zero-order chi connectivity index (χ0) is 14.3. The van der Waals surface area contributed by atoms with Gasteiger partial charge in [0.15, 0.2) is 0 Å². The number of nitrogens with one attached hydrogen (secondary N) is 1. The molecule has 0 aliphatic carbocycles. The van der Waals surface area contributed by atoms with Crippen LogP contribution in [0.15, 0.2) is 4.52 Å². The van der Waals surface area contributed by atoms with Crippen molar-refractivity contribution in [2.75, 3.05) is 13.2 Å². The highest BCUT2D eigenvalue weighted by atomic mass is 16.5. The predicted octanol–water partition coefficient (Wildman–Crippen LogP) is 3.18. The van der Waals surface area contributed by atoms with Crippen LogP contribution in [0.1, 0.15) is 71.6 Å². The highest BCUT2D eigenvalue weighted by molar-refractivity contribution is 5.02. The first-order valence-corrected chi connectivity index (χ1v) is 7.34. The number of ether oxygens (including phenoxy) is 1. The largest absolute Gasteiger partial charge is 0.367 e. The summed E-state index contributed by atoms with van der Waals surface area (Å²) in [5.74, 6) is 1.30. The Bertz CT molecular complexity index is 361. The Kier molecular flexibility index (Phi) is 6.45. The molecule has 1 aromatic rings. The molecule has 1 aromatic heterocycles. The summed E-state index contributed by atoms with van der Waals surface area (Å²) in [4.78, 5) is 4.53. The van der Waals surface area contributed by atoms with Crippen molar-refractivity contribution in [2.24, 2.45) is 0 Å². The zero-order valence-electron chi connectivity index (χ0n) is 12.8. The minimum absolute atomic E-state index is 0.0780. The number of nitrogens with zero attached hydrogens (tertiary/aromatic N) is 2. The first-order valence-electron chi connectivity index (χ1n) is 7.34. The third-order valence-corrected chi connectivity index (χ3v) is 3.48. The van der Waals surface area contributed by atoms with Crippen molar-refractivity contribution in [2.45, 2.75) is 65.5 Å². The molecule has 0 fully saturated rings. The molecule has 0 radical (unpaired) electrons. The lowest BCUT2D eigenvalue weighted by Crippen LogP contribution is -2.30. The summed E-state index contributed by atoms with van der Waals surface area (Å²) in [6, 6.07) is 0.0780. The molecule has 1 heterocycles. The van der Waals surface area contributed by atoms with E-state index in [9.17, 15) is 0 Å². The van der Waals surface area contributed by atoms with Crippen LogP contribution in [0.5, 0.6) is 0 Å². The minimum atomic E-state index is -0.416. The molecule has 19 heavy (non-hydrogen) atoms. The molecule has 1 unspecified atom stereocenters. The Morgan fingerprint density at radius 2 is 1.95 bits per heavy atom. The fraction of sp³-hybridized carbons (Fsp3) is 0.857. The highest BCUT2D eigenvalue weighted by Gasteiger charge is 2.34. The molecular formula is C14H27N3O2. The van der Waals surface area contributed by atoms with Gasteiger partial charge in [0.1, 0.15) is 5.60 Å². The van der Waals surface area contributed by atoms with Gasteiger partial charge in [-0.1, -0.05) is 25.9 Å². The third-order valence-electron chi connectivity index (χ3n) is 3.48. The first kappa shape index (κ1) is 16.1. The van der Waals surface area contributed by atoms with E-state index >= 15 is 0 Å². The minimum Gasteiger partial charge on any atom is -0.367 e. The smallest absolute Gasteiger partial charge is 0.243 e. The maximum Gasteiger partial charge on any atom is 0.243 e. The van der Waals surface area contributed by atoms with Crippen molar-refractivity contribution in [3.8, 4) is 0 Å². The lowest BCUT2D eigenvalue weighted by atomic mass is 9.96. The predicted molar refractivity (Wildman–Crippen MR) is 74.9 cm³/mol. The van der Waals surface area contributed by atoms with Crippen molar-refractivity contribution in [1.82, 2.24) is 15.5 Å². The van der Waals surface area contributed by atoms with Gasteiger partial charge in [-0.15, -0.1) is 0 Å². The van der Waals surface area contributed by atoms with Crippen LogP contribution in [0.3, 0.4) is 0 Å². The van der Waals surface area contributed by atoms with Crippen LogP contribution < -0.4 is 5.32 Å². The molecule has 0 bridgehead atoms. The van der Waals surface area contributed by atoms with Crippen LogP contribution in [-0.4, -0.2) is 23.3 Å². The molecule has 1 rings (SSSR count). The van der Waals surface area contributed by atoms with Gasteiger partial charge in [0.05, 0.1) is 6.04 Å². The highest BCUT2D eigenvalue weighted by Crippen LogP contribution is 2.31. The van der Waals surface area contributed by atoms with Gasteiger partial charge in [0.2, 0.25) is 11.7 Å². The molecule has 0 saturated carbocycles. The Morgan fingerprint density at radius 3 is 2.47 bits per heavy atom. The zero-order valence-corrected chi connectivity index (χ0v) is 12.8. The summed E-state index contributed by atoms with van der Waals surface area (Å²) < 4.78 is 11.3. The second kappa shape index (κ2) is 7.60. The fourth-order valence-corrected chi connectivity index (χ4v) is 2.16. The molecule has 0 spiro atoms. The molecule has 0 amide bonds. The van der Waals surface area contributed by atoms with Gasteiger partial charge in [0.25, 0.3) is 0 Å². The van der Waals surface area contributed by atoms with E-state index in [1.54, 1.807) is 0 Å². The molecule has 0 aliphatic heterocycles. The van der Waals surface area contributed by atoms with Crippen molar-refractivity contribution in [3.63, 3.8) is 0 Å². The Hall–Kier alpha value is -0.940. The standard InChI is InChI=1S/C14H27N3O2/c1-6-10-15-11(5)12-16-13(17-19-12)14(7-2,8-3)18-9-4/h11,15H,6-10H2,1-5H3. The van der Waals surface area contributed by atoms with Gasteiger partial charge in [0, 0.05) is 6.61 Å². The van der Waals surface area contributed by atoms with Gasteiger partial charge in [-0.25, -0.2) is 0 Å². The molecule has 5 nitrogen and oxygen atoms in total. The van der Waals surface area contributed by atoms with Gasteiger partial charge in [-0.05, 0) is 39.7 Å². The van der Waals surface area contributed by atoms with E-state index < -0.39 is 5.60 Å². The van der Waals surface area contributed by atoms with Crippen LogP contribution in [-0.2, 0) is 10.3 Å². The monoisotopic (exact) mass is 269 g/mol. The molecule has 1 N–H and O–H groups in total. The van der Waals surface area contributed by atoms with Crippen LogP contribution in [0, 0.1) is 0 Å². The third kappa shape index (κ3) is 3.76. The van der Waals surface area contributed by atoms with Crippen LogP contribution in [0.25, 0.3) is 0 Å². The van der Waals surface area contributed by atoms with Gasteiger partial charge in [-0.2, -0.15) is 4.98 Å². The second-order valence-corrected chi connectivity index (χ2v) is 4.77. The average molecular weight is 269 g/mol. The summed E-state index contributed by atoms with van der Waals surface area (Å²) in [7, 11) is 0. The first-order chi connectivity index (χ1) is 9.13. The number of hydrogen-bond donors (Lipinski definition) is 1. The summed E-state index contributed by atoms with van der Waals surface area (Å²) in [5, 5.41) is 7.47. The summed E-state index contributed by atoms with van der Waals surface area (Å²) >= 11 is 0. The van der Waals surface area contributed by atoms with Crippen LogP contribution in [0.2, 0.25) is 0 Å². The SMILES string of the molecule is CCCNC(C)c1nc(C(CC)(CC)OCC)no1. The van der Waals surface area contributed by atoms with E-state index in [0.29, 0.717) is 18.3 Å². The number of hydrogen-bond acceptors (Lipinski definition) is 5. The van der Waals surface area contributed by atoms with Gasteiger partial charge >= 0.3 is 0 Å². The average Bonchev–Trinajstić information content (AvgIpc) is 2.92. The van der Waals surface area contributed by atoms with E-state index in [0.717, 1.165) is 25.8 Å². The Balaban J connectivity index is 2.86. The summed E-state index contributed by atoms with van der Waals surface area (Å²) in [6.45, 7) is 11.9. The number of rotatable bonds is 9. The lowest BCUT2D eigenvalue weighted by molar-refractivity contribution is -0.0583. The van der Waals surface area contributed by atoms with Crippen LogP contribution in [0.4, 0.5) is 0 Å². The second-order valence-electron chi connectivity index (χ2n) is 4.77. The van der Waals surface area contributed by atoms with E-state index in [1.165, 1.54) is 0 Å². The van der Waals surface area contributed by atoms with E-state index in [1.807, 2.05) is 13.8 Å². The van der Waals surface area contributed by atoms with Crippen molar-refractivity contribution >= 4 is 0 Å². The van der Waals surface area contributed by atoms with Crippen molar-refractivity contribution in [1.29, 1.82) is 0 Å². The topological polar surface area (TPSA) is 60.2 Å². The van der Waals surface area contributed by atoms with Crippen molar-refractivity contribution < 1.29 is 9.26 Å². The Morgan fingerprint density at radius 1 is 1.26 bits per heavy atom. The molecule has 0 aromatic carbocycles. The maximum absolute atomic E-state index is 5.88. The van der Waals surface area contributed by atoms with Gasteiger partial charge in [-0.3, -0.25) is 0 Å². The maximum atomic E-state index is 5.88. The van der Waals surface area contributed by atoms with E-state index in [-0.39, 0.29) is 6.04 Å². The molecule has 110 valence electrons. The molecule has 0 saturated heterocycles. The fourth-order valence-electron chi connectivity index (χ4n) is 2.16.